The first-order valence-electron chi connectivity index (χ1n) is 5.71. The topological polar surface area (TPSA) is 9.23 Å². The number of rotatable bonds is 4. The molecule has 0 saturated heterocycles. The van der Waals surface area contributed by atoms with Gasteiger partial charge in [0.05, 0.1) is 7.11 Å². The Morgan fingerprint density at radius 1 is 1.12 bits per heavy atom. The molecule has 0 aromatic heterocycles. The van der Waals surface area contributed by atoms with Crippen molar-refractivity contribution < 1.29 is 4.74 Å². The second-order valence-electron chi connectivity index (χ2n) is 3.92. The van der Waals surface area contributed by atoms with Crippen LogP contribution in [0.2, 0.25) is 0 Å². The van der Waals surface area contributed by atoms with Crippen LogP contribution in [0.1, 0.15) is 24.8 Å². The summed E-state index contributed by atoms with van der Waals surface area (Å²) in [6, 6.07) is 8.27. The molecule has 16 heavy (non-hydrogen) atoms. The Balaban J connectivity index is 2.24. The van der Waals surface area contributed by atoms with Crippen LogP contribution >= 0.6 is 0 Å². The number of methoxy groups -OCH3 is 1. The monoisotopic (exact) mass is 213 g/mol. The summed E-state index contributed by atoms with van der Waals surface area (Å²) in [5, 5.41) is 0. The molecule has 83 valence electrons. The minimum absolute atomic E-state index is 0.436. The molecule has 1 fully saturated rings. The molecule has 1 aliphatic rings. The van der Waals surface area contributed by atoms with Gasteiger partial charge in [0.2, 0.25) is 0 Å². The van der Waals surface area contributed by atoms with Gasteiger partial charge in [0.1, 0.15) is 5.75 Å². The van der Waals surface area contributed by atoms with E-state index in [1.807, 2.05) is 12.1 Å². The summed E-state index contributed by atoms with van der Waals surface area (Å²) in [7, 11) is 1.73. The molecule has 0 aliphatic heterocycles. The van der Waals surface area contributed by atoms with Crippen molar-refractivity contribution in [3.05, 3.63) is 61.4 Å². The van der Waals surface area contributed by atoms with Gasteiger partial charge in [-0.05, 0) is 55.6 Å². The Bertz CT molecular complexity index is 326. The van der Waals surface area contributed by atoms with E-state index in [1.54, 1.807) is 7.11 Å². The van der Waals surface area contributed by atoms with Gasteiger partial charge >= 0.3 is 0 Å². The van der Waals surface area contributed by atoms with Crippen LogP contribution in [0.4, 0.5) is 0 Å². The lowest BCUT2D eigenvalue weighted by Gasteiger charge is -2.23. The number of ether oxygens (including phenoxy) is 1. The van der Waals surface area contributed by atoms with Gasteiger partial charge in [-0.15, -0.1) is 0 Å². The lowest BCUT2D eigenvalue weighted by molar-refractivity contribution is 0.406. The molecule has 1 saturated carbocycles. The predicted octanol–water partition coefficient (Wildman–Crippen LogP) is 3.59. The van der Waals surface area contributed by atoms with Gasteiger partial charge in [-0.1, -0.05) is 25.1 Å². The molecule has 5 radical (unpaired) electrons. The van der Waals surface area contributed by atoms with E-state index in [9.17, 15) is 0 Å². The zero-order valence-corrected chi connectivity index (χ0v) is 9.81. The summed E-state index contributed by atoms with van der Waals surface area (Å²) >= 11 is 0. The number of hydrogen-bond donors (Lipinski definition) is 0. The Kier molecular flexibility index (Phi) is 3.87. The van der Waals surface area contributed by atoms with E-state index < -0.39 is 0 Å². The fourth-order valence-corrected chi connectivity index (χ4v) is 2.21. The standard InChI is InChI=1S/C15H17O/c1-3-13(12-8-4-5-9-12)14-10-6-7-11-15(14)16-2/h4-11,13H,3H2,1-2H3. The Morgan fingerprint density at radius 2 is 1.81 bits per heavy atom. The normalized spacial score (nSPS) is 18.6. The van der Waals surface area contributed by atoms with Gasteiger partial charge in [0.25, 0.3) is 0 Å². The molecule has 1 nitrogen and oxygen atoms in total. The second-order valence-corrected chi connectivity index (χ2v) is 3.92. The smallest absolute Gasteiger partial charge is 0.122 e. The molecule has 0 bridgehead atoms. The number of hydrogen-bond acceptors (Lipinski definition) is 1. The van der Waals surface area contributed by atoms with Crippen molar-refractivity contribution in [1.82, 2.24) is 0 Å². The van der Waals surface area contributed by atoms with E-state index in [1.165, 1.54) is 11.5 Å². The van der Waals surface area contributed by atoms with Gasteiger partial charge in [-0.3, -0.25) is 0 Å². The highest BCUT2D eigenvalue weighted by Gasteiger charge is 2.27. The molecule has 1 unspecified atom stereocenters. The maximum absolute atomic E-state index is 5.43. The van der Waals surface area contributed by atoms with Gasteiger partial charge in [-0.25, -0.2) is 0 Å². The highest BCUT2D eigenvalue weighted by molar-refractivity contribution is 5.47. The molecule has 1 aliphatic carbocycles. The first-order valence-corrected chi connectivity index (χ1v) is 5.71. The van der Waals surface area contributed by atoms with E-state index in [4.69, 9.17) is 4.74 Å². The largest absolute Gasteiger partial charge is 0.496 e. The summed E-state index contributed by atoms with van der Waals surface area (Å²) < 4.78 is 5.43. The van der Waals surface area contributed by atoms with Crippen molar-refractivity contribution in [2.75, 3.05) is 7.11 Å². The molecule has 1 heteroatoms. The van der Waals surface area contributed by atoms with Gasteiger partial charge in [0.15, 0.2) is 0 Å². The fraction of sp³-hybridized carbons (Fsp3) is 0.267. The van der Waals surface area contributed by atoms with Crippen LogP contribution in [-0.4, -0.2) is 7.11 Å². The molecule has 2 rings (SSSR count). The summed E-state index contributed by atoms with van der Waals surface area (Å²) in [4.78, 5) is 0. The zero-order chi connectivity index (χ0) is 11.4. The van der Waals surface area contributed by atoms with E-state index in [0.717, 1.165) is 12.2 Å². The van der Waals surface area contributed by atoms with E-state index in [0.29, 0.717) is 5.92 Å². The molecule has 1 aromatic carbocycles. The molecule has 0 spiro atoms. The van der Waals surface area contributed by atoms with Crippen molar-refractivity contribution in [2.45, 2.75) is 19.3 Å². The van der Waals surface area contributed by atoms with Crippen molar-refractivity contribution in [3.63, 3.8) is 0 Å². The molecule has 0 heterocycles. The average Bonchev–Trinajstić information content (AvgIpc) is 2.84. The van der Waals surface area contributed by atoms with E-state index >= 15 is 0 Å². The predicted molar refractivity (Wildman–Crippen MR) is 66.5 cm³/mol. The van der Waals surface area contributed by atoms with Gasteiger partial charge in [-0.2, -0.15) is 0 Å². The van der Waals surface area contributed by atoms with Crippen molar-refractivity contribution in [3.8, 4) is 5.75 Å². The summed E-state index contributed by atoms with van der Waals surface area (Å²) in [5.74, 6) is 2.79. The molecule has 0 N–H and O–H groups in total. The average molecular weight is 213 g/mol. The minimum Gasteiger partial charge on any atom is -0.496 e. The van der Waals surface area contributed by atoms with Crippen LogP contribution in [0.15, 0.2) is 24.3 Å². The lowest BCUT2D eigenvalue weighted by Crippen LogP contribution is -2.09. The van der Waals surface area contributed by atoms with Crippen molar-refractivity contribution in [1.29, 1.82) is 0 Å². The molecule has 1 aromatic rings. The van der Waals surface area contributed by atoms with Crippen LogP contribution in [0.25, 0.3) is 0 Å². The third-order valence-corrected chi connectivity index (χ3v) is 3.01. The lowest BCUT2D eigenvalue weighted by atomic mass is 9.82. The molecular weight excluding hydrogens is 196 g/mol. The fourth-order valence-electron chi connectivity index (χ4n) is 2.21. The Morgan fingerprint density at radius 3 is 2.44 bits per heavy atom. The number of para-hydroxylation sites is 1. The van der Waals surface area contributed by atoms with Crippen molar-refractivity contribution in [2.24, 2.45) is 0 Å². The van der Waals surface area contributed by atoms with Crippen LogP contribution < -0.4 is 4.74 Å². The van der Waals surface area contributed by atoms with Gasteiger partial charge < -0.3 is 4.74 Å². The van der Waals surface area contributed by atoms with Crippen LogP contribution in [-0.2, 0) is 0 Å². The zero-order valence-electron chi connectivity index (χ0n) is 9.81. The van der Waals surface area contributed by atoms with Crippen molar-refractivity contribution >= 4 is 0 Å². The SMILES string of the molecule is CCC([C]1[CH][CH][CH][CH]1)c1ccccc1OC. The molecule has 0 amide bonds. The van der Waals surface area contributed by atoms with Crippen LogP contribution in [0, 0.1) is 31.6 Å². The highest BCUT2D eigenvalue weighted by atomic mass is 16.5. The Hall–Kier alpha value is -0.980. The third-order valence-electron chi connectivity index (χ3n) is 3.01. The highest BCUT2D eigenvalue weighted by Crippen LogP contribution is 2.41. The van der Waals surface area contributed by atoms with Crippen LogP contribution in [0.3, 0.4) is 0 Å². The molecular formula is C15H17O. The second kappa shape index (κ2) is 5.38. The number of benzene rings is 1. The summed E-state index contributed by atoms with van der Waals surface area (Å²) in [5.41, 5.74) is 1.28. The van der Waals surface area contributed by atoms with Crippen LogP contribution in [0.5, 0.6) is 5.75 Å². The maximum Gasteiger partial charge on any atom is 0.122 e. The quantitative estimate of drug-likeness (QED) is 0.742. The molecule has 1 atom stereocenters. The maximum atomic E-state index is 5.43. The minimum atomic E-state index is 0.436. The first kappa shape index (κ1) is 11.5. The third kappa shape index (κ3) is 2.23. The summed E-state index contributed by atoms with van der Waals surface area (Å²) in [6.07, 6.45) is 9.63. The van der Waals surface area contributed by atoms with E-state index in [-0.39, 0.29) is 0 Å². The van der Waals surface area contributed by atoms with E-state index in [2.05, 4.69) is 44.7 Å². The van der Waals surface area contributed by atoms with Gasteiger partial charge in [0, 0.05) is 0 Å². The summed E-state index contributed by atoms with van der Waals surface area (Å²) in [6.45, 7) is 2.21. The first-order chi connectivity index (χ1) is 7.86. The Labute approximate surface area is 98.8 Å².